The van der Waals surface area contributed by atoms with E-state index < -0.39 is 0 Å². The molecule has 3 nitrogen and oxygen atoms in total. The van der Waals surface area contributed by atoms with Gasteiger partial charge in [0.05, 0.1) is 23.3 Å². The fraction of sp³-hybridized carbons (Fsp3) is 0.0312. The van der Waals surface area contributed by atoms with Gasteiger partial charge < -0.3 is 8.98 Å². The third kappa shape index (κ3) is 3.02. The zero-order valence-corrected chi connectivity index (χ0v) is 19.1. The van der Waals surface area contributed by atoms with E-state index in [-0.39, 0.29) is 0 Å². The molecule has 2 heterocycles. The lowest BCUT2D eigenvalue weighted by atomic mass is 9.99. The van der Waals surface area contributed by atoms with E-state index in [1.165, 1.54) is 21.8 Å². The van der Waals surface area contributed by atoms with E-state index in [1.807, 2.05) is 12.1 Å². The molecule has 0 N–H and O–H groups in total. The van der Waals surface area contributed by atoms with Crippen LogP contribution in [0.15, 0.2) is 119 Å². The maximum Gasteiger partial charge on any atom is 0.136 e. The molecule has 0 amide bonds. The van der Waals surface area contributed by atoms with Crippen molar-refractivity contribution in [3.63, 3.8) is 0 Å². The number of rotatable bonds is 4. The Morgan fingerprint density at radius 3 is 2.03 bits per heavy atom. The van der Waals surface area contributed by atoms with Crippen LogP contribution in [0.3, 0.4) is 0 Å². The number of aromatic nitrogens is 1. The van der Waals surface area contributed by atoms with Gasteiger partial charge >= 0.3 is 0 Å². The van der Waals surface area contributed by atoms with E-state index in [2.05, 4.69) is 113 Å². The fourth-order valence-corrected chi connectivity index (χ4v) is 5.31. The molecule has 0 saturated carbocycles. The van der Waals surface area contributed by atoms with E-state index in [0.717, 1.165) is 44.3 Å². The zero-order chi connectivity index (χ0) is 23.4. The lowest BCUT2D eigenvalue weighted by Crippen LogP contribution is -1.98. The van der Waals surface area contributed by atoms with Gasteiger partial charge in [-0.25, -0.2) is 0 Å². The summed E-state index contributed by atoms with van der Waals surface area (Å²) in [4.78, 5) is 4.14. The standard InChI is InChI=1S/C32H22N2O/c1-33-20-21-14-17-30(34-28-11-5-2-8-23(28)24-9-3-6-12-29(24)34)27(18-21)22-15-16-26-25-10-4-7-13-31(25)35-32(26)19-22/h2-19H,1,20H2. The summed E-state index contributed by atoms with van der Waals surface area (Å²) in [6, 6.07) is 38.5. The van der Waals surface area contributed by atoms with Crippen LogP contribution < -0.4 is 0 Å². The quantitative estimate of drug-likeness (QED) is 0.247. The summed E-state index contributed by atoms with van der Waals surface area (Å²) < 4.78 is 8.60. The number of para-hydroxylation sites is 3. The third-order valence-electron chi connectivity index (χ3n) is 6.87. The van der Waals surface area contributed by atoms with Crippen molar-refractivity contribution in [3.8, 4) is 16.8 Å². The van der Waals surface area contributed by atoms with Crippen LogP contribution in [0.1, 0.15) is 5.56 Å². The van der Waals surface area contributed by atoms with Gasteiger partial charge in [-0.05, 0) is 60.3 Å². The van der Waals surface area contributed by atoms with Crippen LogP contribution >= 0.6 is 0 Å². The molecule has 166 valence electrons. The van der Waals surface area contributed by atoms with Crippen LogP contribution in [0.5, 0.6) is 0 Å². The van der Waals surface area contributed by atoms with Crippen molar-refractivity contribution in [1.82, 2.24) is 4.57 Å². The molecule has 0 radical (unpaired) electrons. The van der Waals surface area contributed by atoms with E-state index in [9.17, 15) is 0 Å². The molecule has 7 rings (SSSR count). The number of hydrogen-bond donors (Lipinski definition) is 0. The highest BCUT2D eigenvalue weighted by molar-refractivity contribution is 6.10. The Labute approximate surface area is 202 Å². The summed E-state index contributed by atoms with van der Waals surface area (Å²) in [5.74, 6) is 0. The Morgan fingerprint density at radius 1 is 0.629 bits per heavy atom. The Kier molecular flexibility index (Phi) is 4.36. The van der Waals surface area contributed by atoms with Gasteiger partial charge in [0, 0.05) is 27.1 Å². The lowest BCUT2D eigenvalue weighted by Gasteiger charge is -2.15. The highest BCUT2D eigenvalue weighted by Gasteiger charge is 2.17. The SMILES string of the molecule is C=NCc1ccc(-n2c3ccccc3c3ccccc32)c(-c2ccc3c(c2)oc2ccccc23)c1. The Balaban J connectivity index is 1.54. The average molecular weight is 451 g/mol. The van der Waals surface area contributed by atoms with Gasteiger partial charge in [-0.1, -0.05) is 66.7 Å². The molecule has 0 unspecified atom stereocenters. The van der Waals surface area contributed by atoms with Crippen molar-refractivity contribution in [2.24, 2.45) is 4.99 Å². The highest BCUT2D eigenvalue weighted by Crippen LogP contribution is 2.38. The number of furan rings is 1. The smallest absolute Gasteiger partial charge is 0.136 e. The predicted octanol–water partition coefficient (Wildman–Crippen LogP) is 8.55. The summed E-state index contributed by atoms with van der Waals surface area (Å²) in [5.41, 5.74) is 8.69. The first kappa shape index (κ1) is 19.8. The second-order valence-corrected chi connectivity index (χ2v) is 8.91. The third-order valence-corrected chi connectivity index (χ3v) is 6.87. The molecule has 7 aromatic rings. The Morgan fingerprint density at radius 2 is 1.29 bits per heavy atom. The molecule has 0 atom stereocenters. The Hall–Kier alpha value is -4.63. The molecule has 2 aromatic heterocycles. The van der Waals surface area contributed by atoms with Gasteiger partial charge in [0.15, 0.2) is 0 Å². The van der Waals surface area contributed by atoms with Crippen molar-refractivity contribution < 1.29 is 4.42 Å². The number of nitrogens with zero attached hydrogens (tertiary/aromatic N) is 2. The first-order valence-corrected chi connectivity index (χ1v) is 11.8. The van der Waals surface area contributed by atoms with Crippen molar-refractivity contribution in [2.45, 2.75) is 6.54 Å². The molecular weight excluding hydrogens is 428 g/mol. The maximum atomic E-state index is 6.23. The summed E-state index contributed by atoms with van der Waals surface area (Å²) in [5, 5.41) is 4.77. The number of fused-ring (bicyclic) bond motifs is 6. The minimum atomic E-state index is 0.577. The number of benzene rings is 5. The van der Waals surface area contributed by atoms with Gasteiger partial charge in [-0.3, -0.25) is 4.99 Å². The highest BCUT2D eigenvalue weighted by atomic mass is 16.3. The molecule has 0 saturated heterocycles. The molecule has 0 bridgehead atoms. The summed E-state index contributed by atoms with van der Waals surface area (Å²) in [6.45, 7) is 4.28. The Bertz CT molecular complexity index is 1850. The lowest BCUT2D eigenvalue weighted by molar-refractivity contribution is 0.669. The monoisotopic (exact) mass is 450 g/mol. The second kappa shape index (κ2) is 7.71. The molecule has 35 heavy (non-hydrogen) atoms. The van der Waals surface area contributed by atoms with Gasteiger partial charge in [-0.15, -0.1) is 0 Å². The number of aliphatic imine (C=N–C) groups is 1. The molecule has 5 aromatic carbocycles. The van der Waals surface area contributed by atoms with Crippen LogP contribution in [0.25, 0.3) is 60.6 Å². The van der Waals surface area contributed by atoms with Crippen molar-refractivity contribution >= 4 is 50.5 Å². The van der Waals surface area contributed by atoms with Gasteiger partial charge in [0.2, 0.25) is 0 Å². The molecule has 0 spiro atoms. The number of hydrogen-bond acceptors (Lipinski definition) is 2. The topological polar surface area (TPSA) is 30.4 Å². The van der Waals surface area contributed by atoms with Crippen LogP contribution in [0.2, 0.25) is 0 Å². The van der Waals surface area contributed by atoms with Crippen molar-refractivity contribution in [1.29, 1.82) is 0 Å². The van der Waals surface area contributed by atoms with E-state index in [4.69, 9.17) is 4.42 Å². The molecular formula is C32H22N2O. The normalized spacial score (nSPS) is 11.7. The fourth-order valence-electron chi connectivity index (χ4n) is 5.31. The molecule has 0 aliphatic heterocycles. The van der Waals surface area contributed by atoms with Crippen LogP contribution in [0.4, 0.5) is 0 Å². The molecule has 0 aliphatic carbocycles. The summed E-state index contributed by atoms with van der Waals surface area (Å²) in [7, 11) is 0. The first-order valence-electron chi connectivity index (χ1n) is 11.8. The summed E-state index contributed by atoms with van der Waals surface area (Å²) in [6.07, 6.45) is 0. The molecule has 0 fully saturated rings. The van der Waals surface area contributed by atoms with E-state index in [1.54, 1.807) is 0 Å². The van der Waals surface area contributed by atoms with E-state index in [0.29, 0.717) is 6.54 Å². The second-order valence-electron chi connectivity index (χ2n) is 8.91. The molecule has 0 aliphatic rings. The van der Waals surface area contributed by atoms with E-state index >= 15 is 0 Å². The first-order chi connectivity index (χ1) is 17.3. The molecule has 3 heteroatoms. The van der Waals surface area contributed by atoms with Crippen LogP contribution in [-0.2, 0) is 6.54 Å². The van der Waals surface area contributed by atoms with Gasteiger partial charge in [-0.2, -0.15) is 0 Å². The minimum absolute atomic E-state index is 0.577. The van der Waals surface area contributed by atoms with Crippen LogP contribution in [0, 0.1) is 0 Å². The minimum Gasteiger partial charge on any atom is -0.456 e. The van der Waals surface area contributed by atoms with Crippen LogP contribution in [-0.4, -0.2) is 11.3 Å². The predicted molar refractivity (Wildman–Crippen MR) is 147 cm³/mol. The maximum absolute atomic E-state index is 6.23. The van der Waals surface area contributed by atoms with Gasteiger partial charge in [0.1, 0.15) is 11.2 Å². The van der Waals surface area contributed by atoms with Gasteiger partial charge in [0.25, 0.3) is 0 Å². The van der Waals surface area contributed by atoms with Crippen molar-refractivity contribution in [3.05, 3.63) is 115 Å². The van der Waals surface area contributed by atoms with Crippen molar-refractivity contribution in [2.75, 3.05) is 0 Å². The average Bonchev–Trinajstić information content (AvgIpc) is 3.44. The largest absolute Gasteiger partial charge is 0.456 e. The zero-order valence-electron chi connectivity index (χ0n) is 19.1. The summed E-state index contributed by atoms with van der Waals surface area (Å²) >= 11 is 0.